The molecule has 0 aromatic carbocycles. The minimum Gasteiger partial charge on any atom is -0.464 e. The number of imidazole rings is 1. The van der Waals surface area contributed by atoms with Crippen molar-refractivity contribution < 1.29 is 14.3 Å². The summed E-state index contributed by atoms with van der Waals surface area (Å²) in [6, 6.07) is 0. The molecule has 1 aromatic rings. The number of hydrogen-bond donors (Lipinski definition) is 0. The second kappa shape index (κ2) is 4.87. The van der Waals surface area contributed by atoms with Crippen molar-refractivity contribution in [1.29, 1.82) is 0 Å². The maximum atomic E-state index is 11.6. The zero-order chi connectivity index (χ0) is 12.4. The fourth-order valence-corrected chi connectivity index (χ4v) is 2.19. The van der Waals surface area contributed by atoms with Crippen LogP contribution < -0.4 is 0 Å². The highest BCUT2D eigenvalue weighted by Crippen LogP contribution is 2.21. The van der Waals surface area contributed by atoms with E-state index in [1.165, 1.54) is 7.11 Å². The van der Waals surface area contributed by atoms with Gasteiger partial charge >= 0.3 is 5.97 Å². The number of rotatable bonds is 3. The summed E-state index contributed by atoms with van der Waals surface area (Å²) in [5.41, 5.74) is 0.494. The number of hydrogen-bond acceptors (Lipinski definition) is 4. The van der Waals surface area contributed by atoms with Gasteiger partial charge in [-0.25, -0.2) is 9.78 Å². The molecule has 0 amide bonds. The molecule has 0 spiro atoms. The largest absolute Gasteiger partial charge is 0.464 e. The molecule has 0 N–H and O–H groups in total. The quantitative estimate of drug-likeness (QED) is 0.750. The summed E-state index contributed by atoms with van der Waals surface area (Å²) in [5.74, 6) is 0.463. The Bertz CT molecular complexity index is 414. The van der Waals surface area contributed by atoms with Crippen molar-refractivity contribution >= 4 is 5.97 Å². The second-order valence-electron chi connectivity index (χ2n) is 4.44. The van der Waals surface area contributed by atoms with E-state index in [4.69, 9.17) is 9.47 Å². The van der Waals surface area contributed by atoms with Crippen molar-refractivity contribution in [1.82, 2.24) is 9.55 Å². The molecular formula is C12H18N2O3. The van der Waals surface area contributed by atoms with Gasteiger partial charge in [-0.2, -0.15) is 0 Å². The first-order chi connectivity index (χ1) is 8.11. The minimum absolute atomic E-state index is 0.168. The van der Waals surface area contributed by atoms with E-state index in [0.717, 1.165) is 18.7 Å². The van der Waals surface area contributed by atoms with Crippen LogP contribution in [0.25, 0.3) is 0 Å². The van der Waals surface area contributed by atoms with E-state index < -0.39 is 0 Å². The van der Waals surface area contributed by atoms with Gasteiger partial charge < -0.3 is 14.0 Å². The molecule has 1 saturated heterocycles. The first-order valence-corrected chi connectivity index (χ1v) is 5.87. The molecule has 0 saturated carbocycles. The van der Waals surface area contributed by atoms with Gasteiger partial charge in [-0.15, -0.1) is 0 Å². The zero-order valence-electron chi connectivity index (χ0n) is 10.5. The summed E-state index contributed by atoms with van der Waals surface area (Å²) in [6.07, 6.45) is 4.14. The van der Waals surface area contributed by atoms with Crippen LogP contribution in [0.3, 0.4) is 0 Å². The highest BCUT2D eigenvalue weighted by Gasteiger charge is 2.24. The number of aryl methyl sites for hydroxylation is 1. The van der Waals surface area contributed by atoms with Gasteiger partial charge in [0.05, 0.1) is 32.1 Å². The first-order valence-electron chi connectivity index (χ1n) is 5.87. The highest BCUT2D eigenvalue weighted by molar-refractivity contribution is 5.87. The summed E-state index contributed by atoms with van der Waals surface area (Å²) >= 11 is 0. The molecule has 1 aromatic heterocycles. The molecule has 17 heavy (non-hydrogen) atoms. The molecule has 0 bridgehead atoms. The third-order valence-electron chi connectivity index (χ3n) is 3.16. The molecule has 1 aliphatic rings. The predicted octanol–water partition coefficient (Wildman–Crippen LogP) is 1.55. The van der Waals surface area contributed by atoms with Gasteiger partial charge in [-0.05, 0) is 26.7 Å². The first kappa shape index (κ1) is 12.1. The standard InChI is InChI=1S/C12H18N2O3/c1-8-4-5-10(17-8)7-14-9(2)13-6-11(14)12(15)16-3/h6,8,10H,4-5,7H2,1-3H3. The van der Waals surface area contributed by atoms with Crippen molar-refractivity contribution in [3.8, 4) is 0 Å². The Morgan fingerprint density at radius 3 is 3.00 bits per heavy atom. The lowest BCUT2D eigenvalue weighted by atomic mass is 10.2. The molecule has 94 valence electrons. The molecular weight excluding hydrogens is 220 g/mol. The van der Waals surface area contributed by atoms with Crippen LogP contribution >= 0.6 is 0 Å². The lowest BCUT2D eigenvalue weighted by Crippen LogP contribution is -2.21. The van der Waals surface area contributed by atoms with Crippen molar-refractivity contribution in [2.45, 2.75) is 45.4 Å². The van der Waals surface area contributed by atoms with E-state index in [1.807, 2.05) is 11.5 Å². The molecule has 2 heterocycles. The fraction of sp³-hybridized carbons (Fsp3) is 0.667. The number of carbonyl (C=O) groups is 1. The van der Waals surface area contributed by atoms with Gasteiger partial charge in [0.2, 0.25) is 0 Å². The normalized spacial score (nSPS) is 23.9. The molecule has 2 rings (SSSR count). The van der Waals surface area contributed by atoms with E-state index in [-0.39, 0.29) is 12.1 Å². The Morgan fingerprint density at radius 2 is 2.41 bits per heavy atom. The smallest absolute Gasteiger partial charge is 0.356 e. The Labute approximate surface area is 101 Å². The van der Waals surface area contributed by atoms with Crippen LogP contribution in [0.2, 0.25) is 0 Å². The molecule has 0 aliphatic carbocycles. The van der Waals surface area contributed by atoms with Crippen molar-refractivity contribution in [3.63, 3.8) is 0 Å². The number of carbonyl (C=O) groups excluding carboxylic acids is 1. The third-order valence-corrected chi connectivity index (χ3v) is 3.16. The van der Waals surface area contributed by atoms with E-state index in [1.54, 1.807) is 6.20 Å². The molecule has 2 atom stereocenters. The number of esters is 1. The van der Waals surface area contributed by atoms with Crippen molar-refractivity contribution in [2.75, 3.05) is 7.11 Å². The predicted molar refractivity (Wildman–Crippen MR) is 61.9 cm³/mol. The van der Waals surface area contributed by atoms with Crippen molar-refractivity contribution in [3.05, 3.63) is 17.7 Å². The minimum atomic E-state index is -0.350. The van der Waals surface area contributed by atoms with Gasteiger partial charge in [-0.1, -0.05) is 0 Å². The van der Waals surface area contributed by atoms with Crippen LogP contribution in [0.1, 0.15) is 36.1 Å². The number of nitrogens with zero attached hydrogens (tertiary/aromatic N) is 2. The molecule has 1 fully saturated rings. The van der Waals surface area contributed by atoms with E-state index in [9.17, 15) is 4.79 Å². The fourth-order valence-electron chi connectivity index (χ4n) is 2.19. The van der Waals surface area contributed by atoms with Gasteiger partial charge in [0.25, 0.3) is 0 Å². The van der Waals surface area contributed by atoms with Crippen LogP contribution in [-0.2, 0) is 16.0 Å². The molecule has 0 radical (unpaired) electrons. The topological polar surface area (TPSA) is 53.3 Å². The zero-order valence-corrected chi connectivity index (χ0v) is 10.5. The summed E-state index contributed by atoms with van der Waals surface area (Å²) in [4.78, 5) is 15.7. The number of aromatic nitrogens is 2. The van der Waals surface area contributed by atoms with Crippen LogP contribution in [-0.4, -0.2) is 34.8 Å². The second-order valence-corrected chi connectivity index (χ2v) is 4.44. The molecule has 2 unspecified atom stereocenters. The Kier molecular flexibility index (Phi) is 3.47. The van der Waals surface area contributed by atoms with E-state index in [0.29, 0.717) is 18.3 Å². The number of methoxy groups -OCH3 is 1. The maximum absolute atomic E-state index is 11.6. The van der Waals surface area contributed by atoms with Gasteiger partial charge in [0, 0.05) is 0 Å². The van der Waals surface area contributed by atoms with Gasteiger partial charge in [0.15, 0.2) is 0 Å². The van der Waals surface area contributed by atoms with Gasteiger partial charge in [0.1, 0.15) is 11.5 Å². The average Bonchev–Trinajstić information content (AvgIpc) is 2.87. The van der Waals surface area contributed by atoms with Gasteiger partial charge in [-0.3, -0.25) is 0 Å². The molecule has 5 heteroatoms. The SMILES string of the molecule is COC(=O)c1cnc(C)n1CC1CCC(C)O1. The average molecular weight is 238 g/mol. The summed E-state index contributed by atoms with van der Waals surface area (Å²) in [7, 11) is 1.38. The Hall–Kier alpha value is -1.36. The van der Waals surface area contributed by atoms with Crippen molar-refractivity contribution in [2.24, 2.45) is 0 Å². The summed E-state index contributed by atoms with van der Waals surface area (Å²) in [5, 5.41) is 0. The maximum Gasteiger partial charge on any atom is 0.356 e. The van der Waals surface area contributed by atoms with Crippen LogP contribution in [0, 0.1) is 6.92 Å². The van der Waals surface area contributed by atoms with Crippen LogP contribution in [0.4, 0.5) is 0 Å². The lowest BCUT2D eigenvalue weighted by molar-refractivity contribution is 0.0430. The van der Waals surface area contributed by atoms with E-state index >= 15 is 0 Å². The lowest BCUT2D eigenvalue weighted by Gasteiger charge is -2.15. The Balaban J connectivity index is 2.14. The number of ether oxygens (including phenoxy) is 2. The highest BCUT2D eigenvalue weighted by atomic mass is 16.5. The monoisotopic (exact) mass is 238 g/mol. The summed E-state index contributed by atoms with van der Waals surface area (Å²) < 4.78 is 12.4. The van der Waals surface area contributed by atoms with Crippen LogP contribution in [0.5, 0.6) is 0 Å². The third kappa shape index (κ3) is 2.49. The Morgan fingerprint density at radius 1 is 1.65 bits per heavy atom. The van der Waals surface area contributed by atoms with E-state index in [2.05, 4.69) is 11.9 Å². The molecule has 1 aliphatic heterocycles. The summed E-state index contributed by atoms with van der Waals surface area (Å²) in [6.45, 7) is 4.62. The molecule has 5 nitrogen and oxygen atoms in total. The van der Waals surface area contributed by atoms with Crippen LogP contribution in [0.15, 0.2) is 6.20 Å².